The van der Waals surface area contributed by atoms with Gasteiger partial charge >= 0.3 is 35.6 Å². The average molecular weight is 610 g/mol. The SMILES string of the molecule is CC1(C)O[C@@H](C(O)(C2CCCCC2)C2CCCCC2)[C@H](C(O)(C2CCCCC2)C2CCCCC2)O1.[Cl][Ti][Cl]. The van der Waals surface area contributed by atoms with Gasteiger partial charge in [0.2, 0.25) is 0 Å². The van der Waals surface area contributed by atoms with E-state index in [1.54, 1.807) is 0 Å². The Balaban J connectivity index is 0.00000107. The van der Waals surface area contributed by atoms with Crippen LogP contribution < -0.4 is 0 Å². The van der Waals surface area contributed by atoms with Gasteiger partial charge in [0.1, 0.15) is 12.2 Å². The molecule has 0 spiro atoms. The first-order valence-electron chi connectivity index (χ1n) is 16.0. The molecule has 0 unspecified atom stereocenters. The summed E-state index contributed by atoms with van der Waals surface area (Å²) in [5.74, 6) is 0.250. The Kier molecular flexibility index (Phi) is 12.3. The summed E-state index contributed by atoms with van der Waals surface area (Å²) in [6.45, 7) is 4.04. The molecule has 38 heavy (non-hydrogen) atoms. The van der Waals surface area contributed by atoms with Crippen LogP contribution in [0.2, 0.25) is 0 Å². The Bertz CT molecular complexity index is 606. The number of aliphatic hydroxyl groups is 2. The van der Waals surface area contributed by atoms with Crippen LogP contribution in [0.5, 0.6) is 0 Å². The van der Waals surface area contributed by atoms with E-state index >= 15 is 0 Å². The molecular formula is C31H54Cl2O4Ti. The molecule has 5 fully saturated rings. The van der Waals surface area contributed by atoms with Crippen molar-refractivity contribution in [2.24, 2.45) is 23.7 Å². The van der Waals surface area contributed by atoms with Gasteiger partial charge in [-0.25, -0.2) is 0 Å². The van der Waals surface area contributed by atoms with Gasteiger partial charge < -0.3 is 19.7 Å². The monoisotopic (exact) mass is 608 g/mol. The molecule has 0 aromatic rings. The van der Waals surface area contributed by atoms with Crippen molar-refractivity contribution in [1.82, 2.24) is 0 Å². The molecule has 1 saturated heterocycles. The molecule has 0 aromatic heterocycles. The van der Waals surface area contributed by atoms with E-state index in [4.69, 9.17) is 28.1 Å². The first-order chi connectivity index (χ1) is 18.3. The third-order valence-electron chi connectivity index (χ3n) is 11.0. The molecule has 4 saturated carbocycles. The Morgan fingerprint density at radius 1 is 0.526 bits per heavy atom. The molecule has 0 amide bonds. The molecule has 7 heteroatoms. The Morgan fingerprint density at radius 3 is 0.947 bits per heavy atom. The maximum absolute atomic E-state index is 13.0. The topological polar surface area (TPSA) is 58.9 Å². The second kappa shape index (κ2) is 14.5. The molecule has 4 nitrogen and oxygen atoms in total. The molecule has 5 aliphatic rings. The van der Waals surface area contributed by atoms with Crippen molar-refractivity contribution in [2.45, 2.75) is 171 Å². The van der Waals surface area contributed by atoms with E-state index in [0.29, 0.717) is 0 Å². The Hall–Kier alpha value is 1.13. The molecule has 1 aliphatic heterocycles. The first kappa shape index (κ1) is 32.1. The first-order valence-corrected chi connectivity index (χ1v) is 20.3. The second-order valence-electron chi connectivity index (χ2n) is 13.7. The number of hydrogen-bond donors (Lipinski definition) is 2. The van der Waals surface area contributed by atoms with Crippen molar-refractivity contribution in [3.63, 3.8) is 0 Å². The van der Waals surface area contributed by atoms with Crippen LogP contribution in [0.1, 0.15) is 142 Å². The van der Waals surface area contributed by atoms with E-state index in [1.165, 1.54) is 77.0 Å². The molecular weight excluding hydrogens is 555 g/mol. The average Bonchev–Trinajstić information content (AvgIpc) is 3.30. The molecule has 4 aliphatic carbocycles. The molecule has 220 valence electrons. The van der Waals surface area contributed by atoms with Crippen LogP contribution in [0.15, 0.2) is 0 Å². The fourth-order valence-electron chi connectivity index (χ4n) is 9.29. The van der Waals surface area contributed by atoms with Gasteiger partial charge in [-0.3, -0.25) is 0 Å². The summed E-state index contributed by atoms with van der Waals surface area (Å²) < 4.78 is 13.7. The predicted molar refractivity (Wildman–Crippen MR) is 152 cm³/mol. The van der Waals surface area contributed by atoms with Crippen LogP contribution in [-0.2, 0) is 26.5 Å². The van der Waals surface area contributed by atoms with Gasteiger partial charge in [-0.2, -0.15) is 0 Å². The van der Waals surface area contributed by atoms with E-state index in [0.717, 1.165) is 51.4 Å². The summed E-state index contributed by atoms with van der Waals surface area (Å²) in [4.78, 5) is 0. The van der Waals surface area contributed by atoms with Crippen LogP contribution >= 0.6 is 18.6 Å². The minimum atomic E-state index is -0.906. The summed E-state index contributed by atoms with van der Waals surface area (Å²) in [6.07, 6.45) is 22.6. The predicted octanol–water partition coefficient (Wildman–Crippen LogP) is 8.67. The van der Waals surface area contributed by atoms with Gasteiger partial charge in [-0.1, -0.05) is 77.0 Å². The summed E-state index contributed by atoms with van der Waals surface area (Å²) in [5, 5.41) is 26.0. The third kappa shape index (κ3) is 7.02. The Labute approximate surface area is 249 Å². The zero-order valence-electron chi connectivity index (χ0n) is 24.1. The van der Waals surface area contributed by atoms with Crippen LogP contribution in [0.25, 0.3) is 0 Å². The summed E-state index contributed by atoms with van der Waals surface area (Å²) in [6, 6.07) is 0. The number of ether oxygens (including phenoxy) is 2. The Morgan fingerprint density at radius 2 is 0.737 bits per heavy atom. The summed E-state index contributed by atoms with van der Waals surface area (Å²) in [5.41, 5.74) is -1.81. The zero-order valence-corrected chi connectivity index (χ0v) is 27.1. The van der Waals surface area contributed by atoms with Gasteiger partial charge in [-0.15, -0.1) is 0 Å². The van der Waals surface area contributed by atoms with Crippen molar-refractivity contribution in [1.29, 1.82) is 0 Å². The van der Waals surface area contributed by atoms with Gasteiger partial charge in [-0.05, 0) is 88.9 Å². The molecule has 1 heterocycles. The normalized spacial score (nSPS) is 31.0. The van der Waals surface area contributed by atoms with Crippen molar-refractivity contribution in [2.75, 3.05) is 0 Å². The molecule has 0 aromatic carbocycles. The van der Waals surface area contributed by atoms with Crippen LogP contribution in [0.4, 0.5) is 0 Å². The molecule has 5 rings (SSSR count). The second-order valence-corrected chi connectivity index (χ2v) is 16.2. The summed E-state index contributed by atoms with van der Waals surface area (Å²) >= 11 is -0.556. The van der Waals surface area contributed by atoms with E-state index < -0.39 is 46.2 Å². The minimum absolute atomic E-state index is 0.256. The van der Waals surface area contributed by atoms with E-state index in [-0.39, 0.29) is 23.7 Å². The van der Waals surface area contributed by atoms with E-state index in [2.05, 4.69) is 0 Å². The number of halogens is 2. The van der Waals surface area contributed by atoms with Gasteiger partial charge in [0, 0.05) is 0 Å². The van der Waals surface area contributed by atoms with Crippen molar-refractivity contribution >= 4 is 18.6 Å². The van der Waals surface area contributed by atoms with E-state index in [9.17, 15) is 10.2 Å². The molecule has 0 radical (unpaired) electrons. The third-order valence-corrected chi connectivity index (χ3v) is 11.0. The van der Waals surface area contributed by atoms with Gasteiger partial charge in [0.25, 0.3) is 0 Å². The maximum atomic E-state index is 13.0. The molecule has 0 bridgehead atoms. The fourth-order valence-corrected chi connectivity index (χ4v) is 9.29. The van der Waals surface area contributed by atoms with Gasteiger partial charge in [0.15, 0.2) is 5.79 Å². The summed E-state index contributed by atoms with van der Waals surface area (Å²) in [7, 11) is 9.78. The van der Waals surface area contributed by atoms with E-state index in [1.807, 2.05) is 13.8 Å². The van der Waals surface area contributed by atoms with Crippen LogP contribution in [-0.4, -0.2) is 39.4 Å². The molecule has 2 atom stereocenters. The number of rotatable bonds is 6. The number of hydrogen-bond acceptors (Lipinski definition) is 4. The fraction of sp³-hybridized carbons (Fsp3) is 1.00. The van der Waals surface area contributed by atoms with Crippen molar-refractivity contribution < 1.29 is 36.7 Å². The van der Waals surface area contributed by atoms with Crippen molar-refractivity contribution in [3.05, 3.63) is 0 Å². The zero-order chi connectivity index (χ0) is 27.2. The van der Waals surface area contributed by atoms with Crippen LogP contribution in [0, 0.1) is 23.7 Å². The molecule has 2 N–H and O–H groups in total. The van der Waals surface area contributed by atoms with Crippen molar-refractivity contribution in [3.8, 4) is 0 Å². The van der Waals surface area contributed by atoms with Crippen LogP contribution in [0.3, 0.4) is 0 Å². The van der Waals surface area contributed by atoms with Gasteiger partial charge in [0.05, 0.1) is 11.2 Å². The quantitative estimate of drug-likeness (QED) is 0.296. The standard InChI is InChI=1S/C31H54O4.2ClH.Ti/c1-29(2)34-27(30(32,23-15-7-3-8-16-23)24-17-9-4-10-18-24)28(35-29)31(33,25-19-11-5-12-20-25)26-21-13-6-14-22-26;;;/h23-28,32-33H,3-22H2,1-2H3;2*1H;/q;;;+2/p-2/t27-,28-;;;/m1.../s1.